The van der Waals surface area contributed by atoms with Crippen LogP contribution in [-0.2, 0) is 0 Å². The van der Waals surface area contributed by atoms with E-state index in [-0.39, 0.29) is 11.8 Å². The van der Waals surface area contributed by atoms with Gasteiger partial charge < -0.3 is 15.7 Å². The molecule has 0 bridgehead atoms. The molecular weight excluding hydrogens is 272 g/mol. The number of benzene rings is 1. The minimum atomic E-state index is -0.417. The lowest BCUT2D eigenvalue weighted by atomic mass is 10.1. The number of carbonyl (C=O) groups excluding carboxylic acids is 1. The van der Waals surface area contributed by atoms with Crippen molar-refractivity contribution < 1.29 is 9.90 Å². The number of carbonyl (C=O) groups is 1. The van der Waals surface area contributed by atoms with Crippen LogP contribution in [0, 0.1) is 5.92 Å². The van der Waals surface area contributed by atoms with Crippen LogP contribution < -0.4 is 10.6 Å². The molecule has 21 heavy (non-hydrogen) atoms. The van der Waals surface area contributed by atoms with E-state index in [9.17, 15) is 9.90 Å². The molecule has 0 saturated carbocycles. The first-order valence-electron chi connectivity index (χ1n) is 6.75. The molecule has 1 aromatic heterocycles. The van der Waals surface area contributed by atoms with E-state index in [0.717, 1.165) is 0 Å². The van der Waals surface area contributed by atoms with Gasteiger partial charge >= 0.3 is 0 Å². The van der Waals surface area contributed by atoms with Gasteiger partial charge in [-0.25, -0.2) is 0 Å². The number of para-hydroxylation sites is 1. The number of nitrogens with one attached hydrogen (secondary N) is 2. The molecule has 2 heterocycles. The molecule has 1 aliphatic rings. The lowest BCUT2D eigenvalue weighted by molar-refractivity contribution is 0.0927. The van der Waals surface area contributed by atoms with Crippen molar-refractivity contribution in [2.45, 2.75) is 6.10 Å². The summed E-state index contributed by atoms with van der Waals surface area (Å²) in [6.07, 6.45) is 1.02. The first-order chi connectivity index (χ1) is 10.3. The summed E-state index contributed by atoms with van der Waals surface area (Å²) in [4.78, 5) is 12.3. The van der Waals surface area contributed by atoms with E-state index in [1.165, 1.54) is 11.0 Å². The summed E-state index contributed by atoms with van der Waals surface area (Å²) >= 11 is 0. The van der Waals surface area contributed by atoms with Crippen molar-refractivity contribution in [3.05, 3.63) is 36.2 Å². The van der Waals surface area contributed by atoms with Crippen LogP contribution in [0.5, 0.6) is 0 Å². The van der Waals surface area contributed by atoms with Gasteiger partial charge in [-0.1, -0.05) is 12.1 Å². The molecule has 2 unspecified atom stereocenters. The van der Waals surface area contributed by atoms with E-state index in [0.29, 0.717) is 30.9 Å². The van der Waals surface area contributed by atoms with Crippen LogP contribution in [0.1, 0.15) is 10.4 Å². The predicted octanol–water partition coefficient (Wildman–Crippen LogP) is -1.03. The SMILES string of the molecule is O=C(NCC1CNCC1O)c1ccccc1-n1cnnn1. The number of nitrogens with zero attached hydrogens (tertiary/aromatic N) is 4. The topological polar surface area (TPSA) is 105 Å². The van der Waals surface area contributed by atoms with Gasteiger partial charge in [-0.05, 0) is 22.6 Å². The van der Waals surface area contributed by atoms with E-state index in [1.54, 1.807) is 18.2 Å². The number of aromatic nitrogens is 4. The second kappa shape index (κ2) is 5.98. The fourth-order valence-corrected chi connectivity index (χ4v) is 2.38. The maximum atomic E-state index is 12.3. The van der Waals surface area contributed by atoms with Crippen molar-refractivity contribution in [3.63, 3.8) is 0 Å². The fourth-order valence-electron chi connectivity index (χ4n) is 2.38. The summed E-state index contributed by atoms with van der Waals surface area (Å²) < 4.78 is 1.45. The van der Waals surface area contributed by atoms with Gasteiger partial charge in [0, 0.05) is 25.6 Å². The quantitative estimate of drug-likeness (QED) is 0.664. The molecule has 8 heteroatoms. The average molecular weight is 288 g/mol. The Bertz CT molecular complexity index is 615. The van der Waals surface area contributed by atoms with Crippen LogP contribution in [0.4, 0.5) is 0 Å². The van der Waals surface area contributed by atoms with Crippen LogP contribution in [0.2, 0.25) is 0 Å². The van der Waals surface area contributed by atoms with Crippen molar-refractivity contribution in [3.8, 4) is 5.69 Å². The molecule has 1 saturated heterocycles. The standard InChI is InChI=1S/C13H16N6O2/c20-12-7-14-5-9(12)6-15-13(21)10-3-1-2-4-11(10)19-8-16-17-18-19/h1-4,8-9,12,14,20H,5-7H2,(H,15,21). The number of hydrogen-bond acceptors (Lipinski definition) is 6. The van der Waals surface area contributed by atoms with Gasteiger partial charge in [0.1, 0.15) is 6.33 Å². The predicted molar refractivity (Wildman–Crippen MR) is 73.9 cm³/mol. The molecule has 1 aromatic carbocycles. The second-order valence-electron chi connectivity index (χ2n) is 4.97. The fraction of sp³-hybridized carbons (Fsp3) is 0.385. The summed E-state index contributed by atoms with van der Waals surface area (Å²) in [5.41, 5.74) is 1.11. The van der Waals surface area contributed by atoms with Crippen LogP contribution in [0.15, 0.2) is 30.6 Å². The highest BCUT2D eigenvalue weighted by atomic mass is 16.3. The first kappa shape index (κ1) is 13.7. The van der Waals surface area contributed by atoms with Crippen molar-refractivity contribution in [2.75, 3.05) is 19.6 Å². The van der Waals surface area contributed by atoms with E-state index < -0.39 is 6.10 Å². The number of amides is 1. The summed E-state index contributed by atoms with van der Waals surface area (Å²) in [5.74, 6) is -0.172. The third-order valence-corrected chi connectivity index (χ3v) is 3.57. The first-order valence-corrected chi connectivity index (χ1v) is 6.75. The van der Waals surface area contributed by atoms with Gasteiger partial charge in [-0.3, -0.25) is 4.79 Å². The Morgan fingerprint density at radius 3 is 3.00 bits per heavy atom. The molecule has 110 valence electrons. The molecule has 2 atom stereocenters. The lowest BCUT2D eigenvalue weighted by Crippen LogP contribution is -2.34. The molecule has 3 rings (SSSR count). The zero-order chi connectivity index (χ0) is 14.7. The Kier molecular flexibility index (Phi) is 3.89. The third kappa shape index (κ3) is 2.91. The molecule has 1 fully saturated rings. The highest BCUT2D eigenvalue weighted by molar-refractivity contribution is 5.97. The molecule has 3 N–H and O–H groups in total. The molecule has 0 radical (unpaired) electrons. The van der Waals surface area contributed by atoms with E-state index in [1.807, 2.05) is 6.07 Å². The Morgan fingerprint density at radius 2 is 2.29 bits per heavy atom. The minimum absolute atomic E-state index is 0.0362. The average Bonchev–Trinajstić information content (AvgIpc) is 3.16. The van der Waals surface area contributed by atoms with Crippen molar-refractivity contribution >= 4 is 5.91 Å². The Hall–Kier alpha value is -2.32. The van der Waals surface area contributed by atoms with Crippen LogP contribution in [-0.4, -0.2) is 57.0 Å². The minimum Gasteiger partial charge on any atom is -0.391 e. The van der Waals surface area contributed by atoms with Crippen LogP contribution in [0.3, 0.4) is 0 Å². The van der Waals surface area contributed by atoms with Crippen LogP contribution in [0.25, 0.3) is 5.69 Å². The van der Waals surface area contributed by atoms with E-state index in [4.69, 9.17) is 0 Å². The van der Waals surface area contributed by atoms with Gasteiger partial charge in [-0.15, -0.1) is 5.10 Å². The highest BCUT2D eigenvalue weighted by Crippen LogP contribution is 2.13. The number of β-amino-alcohol motifs (C(OH)–C–C–N with tert-alkyl or cyclic N) is 1. The van der Waals surface area contributed by atoms with Gasteiger partial charge in [0.15, 0.2) is 0 Å². The molecule has 2 aromatic rings. The zero-order valence-electron chi connectivity index (χ0n) is 11.3. The van der Waals surface area contributed by atoms with Crippen molar-refractivity contribution in [2.24, 2.45) is 5.92 Å². The number of aliphatic hydroxyl groups is 1. The van der Waals surface area contributed by atoms with Gasteiger partial charge in [0.05, 0.1) is 17.4 Å². The molecular formula is C13H16N6O2. The summed E-state index contributed by atoms with van der Waals surface area (Å²) in [6.45, 7) is 1.70. The summed E-state index contributed by atoms with van der Waals surface area (Å²) in [7, 11) is 0. The van der Waals surface area contributed by atoms with E-state index in [2.05, 4.69) is 26.2 Å². The van der Waals surface area contributed by atoms with Crippen molar-refractivity contribution in [1.29, 1.82) is 0 Å². The largest absolute Gasteiger partial charge is 0.391 e. The van der Waals surface area contributed by atoms with Gasteiger partial charge in [0.25, 0.3) is 5.91 Å². The second-order valence-corrected chi connectivity index (χ2v) is 4.97. The molecule has 1 aliphatic heterocycles. The summed E-state index contributed by atoms with van der Waals surface area (Å²) in [5, 5.41) is 26.6. The molecule has 1 amide bonds. The Balaban J connectivity index is 1.73. The maximum Gasteiger partial charge on any atom is 0.253 e. The monoisotopic (exact) mass is 288 g/mol. The molecule has 0 spiro atoms. The lowest BCUT2D eigenvalue weighted by Gasteiger charge is -2.15. The highest BCUT2D eigenvalue weighted by Gasteiger charge is 2.25. The van der Waals surface area contributed by atoms with Crippen LogP contribution >= 0.6 is 0 Å². The zero-order valence-corrected chi connectivity index (χ0v) is 11.3. The smallest absolute Gasteiger partial charge is 0.253 e. The number of rotatable bonds is 4. The summed E-state index contributed by atoms with van der Waals surface area (Å²) in [6, 6.07) is 7.10. The Labute approximate surface area is 121 Å². The molecule has 0 aliphatic carbocycles. The number of tetrazole rings is 1. The van der Waals surface area contributed by atoms with E-state index >= 15 is 0 Å². The van der Waals surface area contributed by atoms with Crippen molar-refractivity contribution in [1.82, 2.24) is 30.8 Å². The number of aliphatic hydroxyl groups excluding tert-OH is 1. The third-order valence-electron chi connectivity index (χ3n) is 3.57. The molecule has 8 nitrogen and oxygen atoms in total. The van der Waals surface area contributed by atoms with Gasteiger partial charge in [0.2, 0.25) is 0 Å². The maximum absolute atomic E-state index is 12.3. The normalized spacial score (nSPS) is 21.4. The van der Waals surface area contributed by atoms with Gasteiger partial charge in [-0.2, -0.15) is 4.68 Å². The Morgan fingerprint density at radius 1 is 1.43 bits per heavy atom. The number of hydrogen-bond donors (Lipinski definition) is 3.